The second kappa shape index (κ2) is 8.49. The molecule has 0 aliphatic carbocycles. The first-order valence-corrected chi connectivity index (χ1v) is 6.11. The molecule has 22 heavy (non-hydrogen) atoms. The Hall–Kier alpha value is -1.94. The maximum atomic E-state index is 12.0. The van der Waals surface area contributed by atoms with Gasteiger partial charge in [0.15, 0.2) is 0 Å². The zero-order chi connectivity index (χ0) is 16.0. The highest BCUT2D eigenvalue weighted by Crippen LogP contribution is 2.22. The number of hydrogen-bond donors (Lipinski definition) is 4. The molecular weight excluding hydrogens is 325 g/mol. The molecule has 6 nitrogen and oxygen atoms in total. The molecule has 3 N–H and O–H groups in total. The second-order valence-corrected chi connectivity index (χ2v) is 4.12. The van der Waals surface area contributed by atoms with Crippen LogP contribution in [0.5, 0.6) is 5.75 Å². The lowest BCUT2D eigenvalue weighted by molar-refractivity contribution is -0.274. The molecule has 0 spiro atoms. The van der Waals surface area contributed by atoms with Crippen molar-refractivity contribution in [3.05, 3.63) is 29.8 Å². The van der Waals surface area contributed by atoms with Crippen LogP contribution in [0.15, 0.2) is 24.3 Å². The van der Waals surface area contributed by atoms with Crippen LogP contribution in [-0.4, -0.2) is 35.2 Å². The lowest BCUT2D eigenvalue weighted by atomic mass is 10.2. The van der Waals surface area contributed by atoms with E-state index in [1.54, 1.807) is 0 Å². The smallest absolute Gasteiger partial charge is 0.406 e. The average molecular weight is 340 g/mol. The molecule has 124 valence electrons. The minimum absolute atomic E-state index is 0. The first-order chi connectivity index (χ1) is 9.76. The molecule has 0 fully saturated rings. The molecule has 0 saturated carbocycles. The van der Waals surface area contributed by atoms with E-state index >= 15 is 0 Å². The van der Waals surface area contributed by atoms with Crippen LogP contribution in [0, 0.1) is 0 Å². The van der Waals surface area contributed by atoms with Gasteiger partial charge in [-0.3, -0.25) is 14.8 Å². The van der Waals surface area contributed by atoms with E-state index in [2.05, 4.69) is 22.7 Å². The normalized spacial score (nSPS) is 11.9. The number of ether oxygens (including phenoxy) is 1. The number of carbonyl (C=O) groups excluding carboxylic acids is 2. The molecule has 10 heteroatoms. The summed E-state index contributed by atoms with van der Waals surface area (Å²) >= 11 is 3.83. The van der Waals surface area contributed by atoms with Crippen molar-refractivity contribution in [1.29, 1.82) is 0 Å². The van der Waals surface area contributed by atoms with E-state index < -0.39 is 30.0 Å². The zero-order valence-electron chi connectivity index (χ0n) is 10.3. The topological polar surface area (TPSA) is 87.7 Å². The molecule has 0 aromatic heterocycles. The third-order valence-electron chi connectivity index (χ3n) is 2.26. The van der Waals surface area contributed by atoms with Crippen LogP contribution in [0.1, 0.15) is 17.8 Å². The van der Waals surface area contributed by atoms with Crippen molar-refractivity contribution in [2.24, 2.45) is 0 Å². The van der Waals surface area contributed by atoms with Crippen LogP contribution in [0.3, 0.4) is 0 Å². The standard InChI is InChI=1S/C11H11F3N2O4S.CH4/c12-11(13,14)20-7-3-1-6(2-4-7)9(17)15-8(5-21)10(18)16-19;/h1-4,8,19,21H,5H2,(H,15,17)(H,16,18);1H4/t8-;/m0./s1. The summed E-state index contributed by atoms with van der Waals surface area (Å²) in [6, 6.07) is 3.04. The Kier molecular flexibility index (Phi) is 7.74. The van der Waals surface area contributed by atoms with E-state index in [1.807, 2.05) is 0 Å². The lowest BCUT2D eigenvalue weighted by Crippen LogP contribution is -2.47. The summed E-state index contributed by atoms with van der Waals surface area (Å²) in [5.41, 5.74) is 1.38. The summed E-state index contributed by atoms with van der Waals surface area (Å²) in [6.07, 6.45) is -4.82. The van der Waals surface area contributed by atoms with Gasteiger partial charge in [0.05, 0.1) is 0 Å². The molecule has 0 saturated heterocycles. The van der Waals surface area contributed by atoms with Crippen molar-refractivity contribution in [3.8, 4) is 5.75 Å². The number of nitrogens with one attached hydrogen (secondary N) is 2. The van der Waals surface area contributed by atoms with Crippen LogP contribution in [0.4, 0.5) is 13.2 Å². The minimum atomic E-state index is -4.82. The molecule has 2 amide bonds. The fourth-order valence-corrected chi connectivity index (χ4v) is 1.58. The molecule has 1 aromatic rings. The van der Waals surface area contributed by atoms with Gasteiger partial charge >= 0.3 is 6.36 Å². The van der Waals surface area contributed by atoms with Gasteiger partial charge in [0.1, 0.15) is 11.8 Å². The number of rotatable bonds is 5. The molecule has 0 heterocycles. The van der Waals surface area contributed by atoms with Gasteiger partial charge in [-0.25, -0.2) is 5.48 Å². The van der Waals surface area contributed by atoms with Gasteiger partial charge in [0.25, 0.3) is 11.8 Å². The molecule has 0 radical (unpaired) electrons. The van der Waals surface area contributed by atoms with Crippen molar-refractivity contribution in [2.75, 3.05) is 5.75 Å². The van der Waals surface area contributed by atoms with E-state index in [1.165, 1.54) is 5.48 Å². The van der Waals surface area contributed by atoms with Crippen LogP contribution in [0.2, 0.25) is 0 Å². The van der Waals surface area contributed by atoms with Gasteiger partial charge in [-0.2, -0.15) is 12.6 Å². The maximum absolute atomic E-state index is 12.0. The van der Waals surface area contributed by atoms with Gasteiger partial charge in [-0.1, -0.05) is 7.43 Å². The summed E-state index contributed by atoms with van der Waals surface area (Å²) in [6.45, 7) is 0. The molecule has 1 atom stereocenters. The number of hydrogen-bond acceptors (Lipinski definition) is 5. The molecule has 0 aliphatic heterocycles. The monoisotopic (exact) mass is 340 g/mol. The molecular formula is C12H15F3N2O4S. The summed E-state index contributed by atoms with van der Waals surface area (Å²) < 4.78 is 39.6. The van der Waals surface area contributed by atoms with Crippen molar-refractivity contribution in [1.82, 2.24) is 10.8 Å². The van der Waals surface area contributed by atoms with Gasteiger partial charge in [0, 0.05) is 11.3 Å². The van der Waals surface area contributed by atoms with Crippen molar-refractivity contribution in [3.63, 3.8) is 0 Å². The number of amides is 2. The number of hydroxylamine groups is 1. The quantitative estimate of drug-likeness (QED) is 0.374. The van der Waals surface area contributed by atoms with E-state index in [-0.39, 0.29) is 18.7 Å². The maximum Gasteiger partial charge on any atom is 0.573 e. The third-order valence-corrected chi connectivity index (χ3v) is 2.63. The number of thiol groups is 1. The van der Waals surface area contributed by atoms with Crippen molar-refractivity contribution in [2.45, 2.75) is 19.8 Å². The molecule has 1 aromatic carbocycles. The Bertz CT molecular complexity index is 508. The van der Waals surface area contributed by atoms with E-state index in [4.69, 9.17) is 5.21 Å². The highest BCUT2D eigenvalue weighted by molar-refractivity contribution is 7.80. The van der Waals surface area contributed by atoms with Gasteiger partial charge in [0.2, 0.25) is 0 Å². The Morgan fingerprint density at radius 3 is 2.23 bits per heavy atom. The number of halogens is 3. The Morgan fingerprint density at radius 1 is 1.27 bits per heavy atom. The molecule has 0 aliphatic rings. The lowest BCUT2D eigenvalue weighted by Gasteiger charge is -2.14. The second-order valence-electron chi connectivity index (χ2n) is 3.76. The van der Waals surface area contributed by atoms with Crippen LogP contribution < -0.4 is 15.5 Å². The van der Waals surface area contributed by atoms with Crippen LogP contribution >= 0.6 is 12.6 Å². The SMILES string of the molecule is C.O=C(N[C@@H](CS)C(=O)NO)c1ccc(OC(F)(F)F)cc1. The Morgan fingerprint density at radius 2 is 1.82 bits per heavy atom. The molecule has 0 bridgehead atoms. The summed E-state index contributed by atoms with van der Waals surface area (Å²) in [5.74, 6) is -2.13. The molecule has 0 unspecified atom stereocenters. The van der Waals surface area contributed by atoms with E-state index in [0.29, 0.717) is 0 Å². The highest BCUT2D eigenvalue weighted by atomic mass is 32.1. The first-order valence-electron chi connectivity index (χ1n) is 5.48. The predicted molar refractivity (Wildman–Crippen MR) is 74.9 cm³/mol. The van der Waals surface area contributed by atoms with Crippen LogP contribution in [0.25, 0.3) is 0 Å². The van der Waals surface area contributed by atoms with Crippen molar-refractivity contribution >= 4 is 24.4 Å². The molecule has 1 rings (SSSR count). The summed E-state index contributed by atoms with van der Waals surface area (Å²) in [7, 11) is 0. The van der Waals surface area contributed by atoms with E-state index in [9.17, 15) is 22.8 Å². The zero-order valence-corrected chi connectivity index (χ0v) is 11.2. The largest absolute Gasteiger partial charge is 0.573 e. The first kappa shape index (κ1) is 20.1. The summed E-state index contributed by atoms with van der Waals surface area (Å²) in [4.78, 5) is 22.9. The fraction of sp³-hybridized carbons (Fsp3) is 0.333. The summed E-state index contributed by atoms with van der Waals surface area (Å²) in [5, 5.41) is 10.7. The number of carbonyl (C=O) groups is 2. The average Bonchev–Trinajstić information content (AvgIpc) is 2.42. The van der Waals surface area contributed by atoms with Gasteiger partial charge in [-0.05, 0) is 24.3 Å². The Labute approximate surface area is 130 Å². The fourth-order valence-electron chi connectivity index (χ4n) is 1.32. The number of benzene rings is 1. The van der Waals surface area contributed by atoms with Gasteiger partial charge < -0.3 is 10.1 Å². The predicted octanol–water partition coefficient (Wildman–Crippen LogP) is 1.75. The van der Waals surface area contributed by atoms with Crippen molar-refractivity contribution < 1.29 is 32.7 Å². The van der Waals surface area contributed by atoms with Crippen LogP contribution in [-0.2, 0) is 4.79 Å². The highest BCUT2D eigenvalue weighted by Gasteiger charge is 2.31. The minimum Gasteiger partial charge on any atom is -0.406 e. The third kappa shape index (κ3) is 6.22. The Balaban J connectivity index is 0.00000441. The number of alkyl halides is 3. The van der Waals surface area contributed by atoms with E-state index in [0.717, 1.165) is 24.3 Å². The van der Waals surface area contributed by atoms with Gasteiger partial charge in [-0.15, -0.1) is 13.2 Å².